The summed E-state index contributed by atoms with van der Waals surface area (Å²) in [6.45, 7) is 7.13. The van der Waals surface area contributed by atoms with Gasteiger partial charge < -0.3 is 14.4 Å². The van der Waals surface area contributed by atoms with Crippen LogP contribution in [-0.2, 0) is 15.7 Å². The zero-order valence-electron chi connectivity index (χ0n) is 24.6. The summed E-state index contributed by atoms with van der Waals surface area (Å²) in [6.07, 6.45) is -2.15. The number of hydrogen-bond donors (Lipinski definition) is 0. The molecule has 1 amide bonds. The Hall–Kier alpha value is -5.22. The highest BCUT2D eigenvalue weighted by atomic mass is 19.4. The van der Waals surface area contributed by atoms with Crippen LogP contribution in [0.15, 0.2) is 61.1 Å². The van der Waals surface area contributed by atoms with Gasteiger partial charge in [-0.15, -0.1) is 0 Å². The topological polar surface area (TPSA) is 104 Å². The summed E-state index contributed by atoms with van der Waals surface area (Å²) in [6, 6.07) is 11.8. The number of rotatable bonds is 2. The van der Waals surface area contributed by atoms with Gasteiger partial charge in [-0.2, -0.15) is 18.3 Å². The zero-order chi connectivity index (χ0) is 31.9. The number of halogens is 3. The molecule has 0 unspecified atom stereocenters. The summed E-state index contributed by atoms with van der Waals surface area (Å²) in [4.78, 5) is 35.4. The van der Waals surface area contributed by atoms with Crippen LogP contribution in [0, 0.1) is 11.8 Å². The first-order chi connectivity index (χ1) is 21.4. The van der Waals surface area contributed by atoms with Gasteiger partial charge >= 0.3 is 12.3 Å². The first-order valence-corrected chi connectivity index (χ1v) is 14.0. The summed E-state index contributed by atoms with van der Waals surface area (Å²) in [5, 5.41) is 4.66. The number of benzene rings is 1. The molecule has 1 aromatic carbocycles. The maximum atomic E-state index is 14.0. The number of fused-ring (bicyclic) bond motifs is 2. The summed E-state index contributed by atoms with van der Waals surface area (Å²) >= 11 is 0. The number of carbonyl (C=O) groups is 2. The van der Waals surface area contributed by atoms with Gasteiger partial charge in [-0.3, -0.25) is 4.79 Å². The Labute approximate surface area is 255 Å². The summed E-state index contributed by atoms with van der Waals surface area (Å²) < 4.78 is 55.3. The fourth-order valence-corrected chi connectivity index (χ4v) is 4.87. The molecule has 0 aliphatic carbocycles. The molecule has 0 atom stereocenters. The number of carbonyl (C=O) groups excluding carboxylic acids is 2. The second-order valence-electron chi connectivity index (χ2n) is 11.3. The molecule has 1 fully saturated rings. The fourth-order valence-electron chi connectivity index (χ4n) is 4.87. The van der Waals surface area contributed by atoms with E-state index in [1.165, 1.54) is 23.0 Å². The van der Waals surface area contributed by atoms with Gasteiger partial charge in [0, 0.05) is 47.6 Å². The summed E-state index contributed by atoms with van der Waals surface area (Å²) in [7, 11) is 0. The molecule has 1 saturated heterocycles. The molecule has 0 N–H and O–H groups in total. The van der Waals surface area contributed by atoms with E-state index < -0.39 is 23.4 Å². The second-order valence-corrected chi connectivity index (χ2v) is 11.3. The van der Waals surface area contributed by atoms with Crippen molar-refractivity contribution in [1.29, 1.82) is 0 Å². The van der Waals surface area contributed by atoms with Crippen LogP contribution in [0.3, 0.4) is 0 Å². The van der Waals surface area contributed by atoms with Crippen molar-refractivity contribution in [1.82, 2.24) is 29.0 Å². The van der Waals surface area contributed by atoms with E-state index in [4.69, 9.17) is 9.47 Å². The minimum absolute atomic E-state index is 0.0179. The minimum Gasteiger partial charge on any atom is -0.443 e. The van der Waals surface area contributed by atoms with Crippen molar-refractivity contribution in [2.24, 2.45) is 0 Å². The molecule has 5 heterocycles. The van der Waals surface area contributed by atoms with Crippen LogP contribution >= 0.6 is 0 Å². The van der Waals surface area contributed by atoms with E-state index in [1.807, 2.05) is 0 Å². The van der Waals surface area contributed by atoms with Gasteiger partial charge in [0.2, 0.25) is 0 Å². The highest BCUT2D eigenvalue weighted by Gasteiger charge is 2.35. The Balaban J connectivity index is 1.35. The van der Waals surface area contributed by atoms with Crippen molar-refractivity contribution in [2.45, 2.75) is 32.5 Å². The highest BCUT2D eigenvalue weighted by molar-refractivity contribution is 5.95. The van der Waals surface area contributed by atoms with Gasteiger partial charge in [0.25, 0.3) is 5.91 Å². The molecule has 0 spiro atoms. The number of amides is 1. The molecular weight excluding hydrogens is 589 g/mol. The monoisotopic (exact) mass is 616 g/mol. The van der Waals surface area contributed by atoms with Gasteiger partial charge in [-0.25, -0.2) is 23.8 Å². The molecular formula is C32H27F3N6O4. The number of ether oxygens (including phenoxy) is 2. The molecule has 6 rings (SSSR count). The Bertz CT molecular complexity index is 1990. The second kappa shape index (κ2) is 11.4. The molecule has 0 saturated carbocycles. The average molecular weight is 617 g/mol. The molecule has 13 heteroatoms. The Morgan fingerprint density at radius 1 is 0.933 bits per heavy atom. The smallest absolute Gasteiger partial charge is 0.420 e. The Kier molecular flexibility index (Phi) is 7.54. The van der Waals surface area contributed by atoms with Crippen LogP contribution in [-0.4, -0.2) is 73.0 Å². The first kappa shape index (κ1) is 29.8. The molecule has 0 radical (unpaired) electrons. The van der Waals surface area contributed by atoms with E-state index in [-0.39, 0.29) is 28.2 Å². The van der Waals surface area contributed by atoms with E-state index in [0.29, 0.717) is 49.4 Å². The van der Waals surface area contributed by atoms with Crippen molar-refractivity contribution in [3.8, 4) is 23.1 Å². The van der Waals surface area contributed by atoms with Crippen molar-refractivity contribution in [3.05, 3.63) is 83.4 Å². The van der Waals surface area contributed by atoms with Gasteiger partial charge in [0.1, 0.15) is 11.3 Å². The fraction of sp³-hybridized carbons (Fsp3) is 0.281. The van der Waals surface area contributed by atoms with Crippen LogP contribution in [0.4, 0.5) is 18.0 Å². The number of imidazole rings is 1. The Morgan fingerprint density at radius 2 is 1.67 bits per heavy atom. The van der Waals surface area contributed by atoms with Crippen molar-refractivity contribution >= 4 is 28.7 Å². The van der Waals surface area contributed by atoms with Crippen LogP contribution in [0.25, 0.3) is 27.9 Å². The Morgan fingerprint density at radius 3 is 2.36 bits per heavy atom. The standard InChI is InChI=1S/C32H27F3N6O4/c1-31(2,3)45-30(43)40-13-12-24-23(25(32(33,34)35)19-37-28(24)40)9-8-22-18-36-27-11-10-26(38-41(22)27)20-4-6-21(7-5-20)29(42)39-14-16-44-17-15-39/h4-7,10-13,18-19H,14-17H2,1-3H3. The lowest BCUT2D eigenvalue weighted by Gasteiger charge is -2.26. The lowest BCUT2D eigenvalue weighted by atomic mass is 10.1. The minimum atomic E-state index is -4.75. The number of alkyl halides is 3. The van der Waals surface area contributed by atoms with E-state index in [2.05, 4.69) is 26.9 Å². The maximum absolute atomic E-state index is 14.0. The van der Waals surface area contributed by atoms with Gasteiger partial charge in [-0.1, -0.05) is 18.1 Å². The molecule has 4 aromatic heterocycles. The van der Waals surface area contributed by atoms with Gasteiger partial charge in [-0.05, 0) is 57.0 Å². The molecule has 0 bridgehead atoms. The van der Waals surface area contributed by atoms with Crippen molar-refractivity contribution in [3.63, 3.8) is 0 Å². The summed E-state index contributed by atoms with van der Waals surface area (Å²) in [5.74, 6) is 5.34. The molecule has 5 aromatic rings. The molecule has 1 aliphatic heterocycles. The third kappa shape index (κ3) is 6.09. The van der Waals surface area contributed by atoms with Crippen LogP contribution in [0.1, 0.15) is 48.0 Å². The summed E-state index contributed by atoms with van der Waals surface area (Å²) in [5.41, 5.74) is 0.271. The number of morpholine rings is 1. The third-order valence-electron chi connectivity index (χ3n) is 7.01. The maximum Gasteiger partial charge on any atom is 0.420 e. The quantitative estimate of drug-likeness (QED) is 0.244. The van der Waals surface area contributed by atoms with E-state index in [1.54, 1.807) is 62.1 Å². The molecule has 230 valence electrons. The van der Waals surface area contributed by atoms with Gasteiger partial charge in [0.05, 0.1) is 30.7 Å². The lowest BCUT2D eigenvalue weighted by Crippen LogP contribution is -2.40. The normalized spacial score (nSPS) is 14.0. The van der Waals surface area contributed by atoms with Crippen LogP contribution in [0.5, 0.6) is 0 Å². The predicted molar refractivity (Wildman–Crippen MR) is 157 cm³/mol. The molecule has 45 heavy (non-hydrogen) atoms. The predicted octanol–water partition coefficient (Wildman–Crippen LogP) is 5.42. The number of pyridine rings is 1. The van der Waals surface area contributed by atoms with E-state index in [0.717, 1.165) is 10.1 Å². The number of hydrogen-bond acceptors (Lipinski definition) is 7. The lowest BCUT2D eigenvalue weighted by molar-refractivity contribution is -0.137. The van der Waals surface area contributed by atoms with E-state index >= 15 is 0 Å². The van der Waals surface area contributed by atoms with Crippen molar-refractivity contribution < 1.29 is 32.2 Å². The average Bonchev–Trinajstić information content (AvgIpc) is 3.63. The molecule has 1 aliphatic rings. The first-order valence-electron chi connectivity index (χ1n) is 14.0. The largest absolute Gasteiger partial charge is 0.443 e. The zero-order valence-corrected chi connectivity index (χ0v) is 24.6. The van der Waals surface area contributed by atoms with Crippen molar-refractivity contribution in [2.75, 3.05) is 26.3 Å². The van der Waals surface area contributed by atoms with E-state index in [9.17, 15) is 22.8 Å². The highest BCUT2D eigenvalue weighted by Crippen LogP contribution is 2.35. The van der Waals surface area contributed by atoms with Crippen LogP contribution in [0.2, 0.25) is 0 Å². The molecule has 10 nitrogen and oxygen atoms in total. The SMILES string of the molecule is CC(C)(C)OC(=O)n1ccc2c(C#Cc3cnc4ccc(-c5ccc(C(=O)N6CCOCC6)cc5)nn34)c(C(F)(F)F)cnc21. The number of nitrogens with zero attached hydrogens (tertiary/aromatic N) is 6. The van der Waals surface area contributed by atoms with Gasteiger partial charge in [0.15, 0.2) is 11.3 Å². The van der Waals surface area contributed by atoms with Crippen LogP contribution < -0.4 is 0 Å². The number of aromatic nitrogens is 5. The third-order valence-corrected chi connectivity index (χ3v) is 7.01.